The third kappa shape index (κ3) is 4.30. The molecule has 8 heteroatoms. The lowest BCUT2D eigenvalue weighted by Gasteiger charge is -2.12. The first-order valence-corrected chi connectivity index (χ1v) is 12.3. The molecule has 0 unspecified atom stereocenters. The van der Waals surface area contributed by atoms with Gasteiger partial charge in [-0.2, -0.15) is 0 Å². The highest BCUT2D eigenvalue weighted by molar-refractivity contribution is 7.99. The molecule has 0 aliphatic carbocycles. The Morgan fingerprint density at radius 3 is 2.44 bits per heavy atom. The summed E-state index contributed by atoms with van der Waals surface area (Å²) in [5, 5.41) is 24.5. The molecule has 0 atom stereocenters. The molecular formula is C28H18ClN5OS. The smallest absolute Gasteiger partial charge is 0.161 e. The molecule has 2 N–H and O–H groups in total. The maximum atomic E-state index is 10.0. The first kappa shape index (κ1) is 22.3. The molecule has 6 rings (SSSR count). The monoisotopic (exact) mass is 507 g/mol. The van der Waals surface area contributed by atoms with Crippen molar-refractivity contribution >= 4 is 56.7 Å². The highest BCUT2D eigenvalue weighted by Gasteiger charge is 2.13. The molecule has 0 spiro atoms. The maximum absolute atomic E-state index is 10.0. The van der Waals surface area contributed by atoms with Gasteiger partial charge < -0.3 is 10.4 Å². The fraction of sp³-hybridized carbons (Fsp3) is 0. The van der Waals surface area contributed by atoms with Crippen molar-refractivity contribution in [1.82, 2.24) is 20.2 Å². The largest absolute Gasteiger partial charge is 0.506 e. The number of pyridine rings is 2. The molecule has 36 heavy (non-hydrogen) atoms. The van der Waals surface area contributed by atoms with Crippen LogP contribution in [-0.4, -0.2) is 25.3 Å². The number of hydrogen-bond donors (Lipinski definition) is 2. The second-order valence-electron chi connectivity index (χ2n) is 8.04. The molecule has 0 fully saturated rings. The van der Waals surface area contributed by atoms with Gasteiger partial charge in [-0.1, -0.05) is 53.7 Å². The highest BCUT2D eigenvalue weighted by atomic mass is 35.5. The van der Waals surface area contributed by atoms with Gasteiger partial charge in [0.2, 0.25) is 0 Å². The third-order valence-corrected chi connectivity index (χ3v) is 7.09. The molecule has 0 bridgehead atoms. The summed E-state index contributed by atoms with van der Waals surface area (Å²) >= 11 is 7.63. The van der Waals surface area contributed by atoms with Gasteiger partial charge in [-0.05, 0) is 54.6 Å². The van der Waals surface area contributed by atoms with E-state index >= 15 is 0 Å². The molecule has 3 aromatic carbocycles. The SMILES string of the molecule is Oc1cc(-c2nnc(Nc3ccc(Sc4ccnc5cccnc45)cc3)c3ccccc23)ccc1Cl. The van der Waals surface area contributed by atoms with Crippen LogP contribution in [0.4, 0.5) is 11.5 Å². The van der Waals surface area contributed by atoms with Crippen molar-refractivity contribution in [2.75, 3.05) is 5.32 Å². The second kappa shape index (κ2) is 9.45. The van der Waals surface area contributed by atoms with Crippen molar-refractivity contribution in [2.45, 2.75) is 9.79 Å². The molecular weight excluding hydrogens is 490 g/mol. The van der Waals surface area contributed by atoms with Crippen LogP contribution in [-0.2, 0) is 0 Å². The number of benzene rings is 3. The minimum absolute atomic E-state index is 0.00996. The third-order valence-electron chi connectivity index (χ3n) is 5.71. The Morgan fingerprint density at radius 1 is 0.778 bits per heavy atom. The van der Waals surface area contributed by atoms with E-state index in [0.717, 1.165) is 42.8 Å². The number of aromatic hydroxyl groups is 1. The van der Waals surface area contributed by atoms with Gasteiger partial charge in [0, 0.05) is 44.2 Å². The van der Waals surface area contributed by atoms with Crippen molar-refractivity contribution in [2.24, 2.45) is 0 Å². The fourth-order valence-corrected chi connectivity index (χ4v) is 5.00. The van der Waals surface area contributed by atoms with E-state index in [1.54, 1.807) is 36.3 Å². The Hall–Kier alpha value is -4.20. The molecule has 6 nitrogen and oxygen atoms in total. The summed E-state index contributed by atoms with van der Waals surface area (Å²) in [7, 11) is 0. The number of nitrogens with zero attached hydrogens (tertiary/aromatic N) is 4. The van der Waals surface area contributed by atoms with E-state index < -0.39 is 0 Å². The second-order valence-corrected chi connectivity index (χ2v) is 9.56. The summed E-state index contributed by atoms with van der Waals surface area (Å²) in [6.45, 7) is 0. The number of phenolic OH excluding ortho intramolecular Hbond substituents is 1. The Morgan fingerprint density at radius 2 is 1.61 bits per heavy atom. The molecule has 0 saturated heterocycles. The summed E-state index contributed by atoms with van der Waals surface area (Å²) in [5.74, 6) is 0.660. The standard InChI is InChI=1S/C28H18ClN5OS/c29-22-12-7-17(16-24(22)35)26-20-4-1-2-5-21(20)28(34-33-26)32-18-8-10-19(11-9-18)36-25-13-15-30-23-6-3-14-31-27(23)25/h1-16,35H,(H,32,34). The lowest BCUT2D eigenvalue weighted by molar-refractivity contribution is 0.476. The normalized spacial score (nSPS) is 11.1. The molecule has 174 valence electrons. The van der Waals surface area contributed by atoms with Gasteiger partial charge in [0.05, 0.1) is 10.5 Å². The summed E-state index contributed by atoms with van der Waals surface area (Å²) in [6.07, 6.45) is 3.59. The van der Waals surface area contributed by atoms with Crippen LogP contribution >= 0.6 is 23.4 Å². The summed E-state index contributed by atoms with van der Waals surface area (Å²) in [6, 6.07) is 27.0. The highest BCUT2D eigenvalue weighted by Crippen LogP contribution is 2.35. The predicted molar refractivity (Wildman–Crippen MR) is 145 cm³/mol. The van der Waals surface area contributed by atoms with Crippen LogP contribution in [0.5, 0.6) is 5.75 Å². The number of nitrogens with one attached hydrogen (secondary N) is 1. The lowest BCUT2D eigenvalue weighted by Crippen LogP contribution is -1.99. The van der Waals surface area contributed by atoms with Crippen molar-refractivity contribution in [1.29, 1.82) is 0 Å². The fourth-order valence-electron chi connectivity index (χ4n) is 3.98. The quantitative estimate of drug-likeness (QED) is 0.250. The van der Waals surface area contributed by atoms with Gasteiger partial charge in [-0.3, -0.25) is 9.97 Å². The van der Waals surface area contributed by atoms with Crippen LogP contribution in [0.25, 0.3) is 33.1 Å². The Bertz CT molecular complexity index is 1720. The molecule has 0 radical (unpaired) electrons. The van der Waals surface area contributed by atoms with Crippen LogP contribution < -0.4 is 5.32 Å². The Kier molecular flexibility index (Phi) is 5.85. The summed E-state index contributed by atoms with van der Waals surface area (Å²) in [4.78, 5) is 11.0. The van der Waals surface area contributed by atoms with Gasteiger partial charge in [0.25, 0.3) is 0 Å². The van der Waals surface area contributed by atoms with E-state index in [1.165, 1.54) is 0 Å². The minimum Gasteiger partial charge on any atom is -0.506 e. The summed E-state index contributed by atoms with van der Waals surface area (Å²) < 4.78 is 0. The van der Waals surface area contributed by atoms with E-state index in [0.29, 0.717) is 16.5 Å². The van der Waals surface area contributed by atoms with Crippen LogP contribution in [0, 0.1) is 0 Å². The molecule has 3 heterocycles. The van der Waals surface area contributed by atoms with E-state index in [-0.39, 0.29) is 5.75 Å². The van der Waals surface area contributed by atoms with Crippen molar-refractivity contribution in [3.63, 3.8) is 0 Å². The molecule has 6 aromatic rings. The zero-order chi connectivity index (χ0) is 24.5. The van der Waals surface area contributed by atoms with E-state index in [1.807, 2.05) is 60.7 Å². The number of fused-ring (bicyclic) bond motifs is 2. The Labute approximate surface area is 216 Å². The minimum atomic E-state index is 0.00996. The number of phenols is 1. The number of rotatable bonds is 5. The zero-order valence-corrected chi connectivity index (χ0v) is 20.3. The van der Waals surface area contributed by atoms with Gasteiger partial charge >= 0.3 is 0 Å². The number of aromatic nitrogens is 4. The van der Waals surface area contributed by atoms with Crippen LogP contribution in [0.15, 0.2) is 107 Å². The van der Waals surface area contributed by atoms with Gasteiger partial charge in [-0.25, -0.2) is 0 Å². The topological polar surface area (TPSA) is 83.8 Å². The number of hydrogen-bond acceptors (Lipinski definition) is 7. The molecule has 0 aliphatic heterocycles. The maximum Gasteiger partial charge on any atom is 0.161 e. The number of halogens is 1. The zero-order valence-electron chi connectivity index (χ0n) is 18.8. The van der Waals surface area contributed by atoms with Gasteiger partial charge in [-0.15, -0.1) is 10.2 Å². The van der Waals surface area contributed by atoms with Crippen LogP contribution in [0.1, 0.15) is 0 Å². The van der Waals surface area contributed by atoms with E-state index in [4.69, 9.17) is 11.6 Å². The van der Waals surface area contributed by atoms with E-state index in [9.17, 15) is 5.11 Å². The molecule has 0 amide bonds. The molecule has 3 aromatic heterocycles. The average molecular weight is 508 g/mol. The Balaban J connectivity index is 1.28. The lowest BCUT2D eigenvalue weighted by atomic mass is 10.0. The van der Waals surface area contributed by atoms with Crippen molar-refractivity contribution in [3.8, 4) is 17.0 Å². The number of anilines is 2. The summed E-state index contributed by atoms with van der Waals surface area (Å²) in [5.41, 5.74) is 4.08. The van der Waals surface area contributed by atoms with Crippen molar-refractivity contribution in [3.05, 3.63) is 102 Å². The average Bonchev–Trinajstić information content (AvgIpc) is 2.92. The van der Waals surface area contributed by atoms with Gasteiger partial charge in [0.15, 0.2) is 5.82 Å². The van der Waals surface area contributed by atoms with Crippen LogP contribution in [0.2, 0.25) is 5.02 Å². The van der Waals surface area contributed by atoms with Gasteiger partial charge in [0.1, 0.15) is 17.0 Å². The first-order chi connectivity index (χ1) is 17.7. The van der Waals surface area contributed by atoms with Crippen LogP contribution in [0.3, 0.4) is 0 Å². The van der Waals surface area contributed by atoms with Crippen molar-refractivity contribution < 1.29 is 5.11 Å². The molecule has 0 saturated carbocycles. The molecule has 0 aliphatic rings. The first-order valence-electron chi connectivity index (χ1n) is 11.1. The predicted octanol–water partition coefficient (Wildman–Crippen LogP) is 7.49. The van der Waals surface area contributed by atoms with E-state index in [2.05, 4.69) is 37.6 Å².